The van der Waals surface area contributed by atoms with Crippen LogP contribution in [-0.2, 0) is 4.79 Å². The molecule has 3 atom stereocenters. The molecule has 2 nitrogen and oxygen atoms in total. The van der Waals surface area contributed by atoms with Gasteiger partial charge in [-0.3, -0.25) is 4.79 Å². The van der Waals surface area contributed by atoms with E-state index in [9.17, 15) is 9.90 Å². The minimum atomic E-state index is -0.156. The lowest BCUT2D eigenvalue weighted by atomic mass is 9.55. The van der Waals surface area contributed by atoms with Gasteiger partial charge in [0.1, 0.15) is 5.78 Å². The molecule has 0 saturated heterocycles. The van der Waals surface area contributed by atoms with Crippen LogP contribution >= 0.6 is 0 Å². The normalized spacial score (nSPS) is 43.3. The average Bonchev–Trinajstić information content (AvgIpc) is 1.95. The number of hydrogen-bond donors (Lipinski definition) is 1. The maximum atomic E-state index is 11.4. The van der Waals surface area contributed by atoms with Crippen LogP contribution in [-0.4, -0.2) is 17.0 Å². The molecule has 13 heavy (non-hydrogen) atoms. The summed E-state index contributed by atoms with van der Waals surface area (Å²) in [5.41, 5.74) is 0.271. The summed E-state index contributed by atoms with van der Waals surface area (Å²) in [5.74, 6) is 1.24. The van der Waals surface area contributed by atoms with Gasteiger partial charge in [0.05, 0.1) is 6.10 Å². The van der Waals surface area contributed by atoms with Crippen molar-refractivity contribution >= 4 is 5.78 Å². The van der Waals surface area contributed by atoms with Gasteiger partial charge in [-0.1, -0.05) is 13.8 Å². The maximum absolute atomic E-state index is 11.4. The van der Waals surface area contributed by atoms with Gasteiger partial charge < -0.3 is 5.11 Å². The van der Waals surface area contributed by atoms with Crippen LogP contribution in [0, 0.1) is 17.3 Å². The van der Waals surface area contributed by atoms with Gasteiger partial charge in [0, 0.05) is 12.8 Å². The first-order valence-corrected chi connectivity index (χ1v) is 5.20. The van der Waals surface area contributed by atoms with Gasteiger partial charge in [-0.15, -0.1) is 0 Å². The topological polar surface area (TPSA) is 37.3 Å². The number of aliphatic hydroxyl groups excluding tert-OH is 1. The van der Waals surface area contributed by atoms with Gasteiger partial charge in [-0.2, -0.15) is 0 Å². The number of Topliss-reactive ketones (excluding diaryl/α,β-unsaturated/α-hetero) is 1. The van der Waals surface area contributed by atoms with E-state index in [1.54, 1.807) is 0 Å². The molecule has 2 saturated carbocycles. The van der Waals surface area contributed by atoms with Crippen molar-refractivity contribution in [1.82, 2.24) is 0 Å². The number of carbonyl (C=O) groups is 1. The van der Waals surface area contributed by atoms with Crippen molar-refractivity contribution in [1.29, 1.82) is 0 Å². The van der Waals surface area contributed by atoms with Crippen LogP contribution in [0.2, 0.25) is 0 Å². The molecule has 2 heteroatoms. The van der Waals surface area contributed by atoms with E-state index in [-0.39, 0.29) is 11.5 Å². The SMILES string of the molecule is CC1(C)[C@@H]2CC(=O)C[C@H]1CC(O)C2. The Hall–Kier alpha value is -0.370. The molecule has 0 aliphatic heterocycles. The zero-order valence-corrected chi connectivity index (χ0v) is 8.42. The molecule has 0 aromatic carbocycles. The summed E-state index contributed by atoms with van der Waals surface area (Å²) < 4.78 is 0. The molecule has 74 valence electrons. The molecule has 0 heterocycles. The van der Waals surface area contributed by atoms with E-state index in [0.29, 0.717) is 30.5 Å². The lowest BCUT2D eigenvalue weighted by molar-refractivity contribution is -0.134. The lowest BCUT2D eigenvalue weighted by Crippen LogP contribution is -2.47. The smallest absolute Gasteiger partial charge is 0.133 e. The van der Waals surface area contributed by atoms with E-state index in [1.807, 2.05) is 0 Å². The Morgan fingerprint density at radius 1 is 1.23 bits per heavy atom. The van der Waals surface area contributed by atoms with E-state index in [0.717, 1.165) is 12.8 Å². The number of ketones is 1. The van der Waals surface area contributed by atoms with Crippen molar-refractivity contribution in [2.45, 2.75) is 45.6 Å². The fourth-order valence-corrected chi connectivity index (χ4v) is 3.02. The Morgan fingerprint density at radius 3 is 2.15 bits per heavy atom. The second-order valence-corrected chi connectivity index (χ2v) is 5.29. The van der Waals surface area contributed by atoms with E-state index in [1.165, 1.54) is 0 Å². The number of fused-ring (bicyclic) bond motifs is 2. The molecule has 2 fully saturated rings. The van der Waals surface area contributed by atoms with Crippen LogP contribution in [0.1, 0.15) is 39.5 Å². The predicted molar refractivity (Wildman–Crippen MR) is 50.2 cm³/mol. The molecule has 1 unspecified atom stereocenters. The van der Waals surface area contributed by atoms with Crippen molar-refractivity contribution in [2.24, 2.45) is 17.3 Å². The summed E-state index contributed by atoms with van der Waals surface area (Å²) in [6.07, 6.45) is 2.89. The first-order chi connectivity index (χ1) is 6.00. The van der Waals surface area contributed by atoms with Crippen LogP contribution < -0.4 is 0 Å². The Morgan fingerprint density at radius 2 is 1.69 bits per heavy atom. The third-order valence-electron chi connectivity index (χ3n) is 4.17. The summed E-state index contributed by atoms with van der Waals surface area (Å²) in [7, 11) is 0. The highest BCUT2D eigenvalue weighted by atomic mass is 16.3. The third kappa shape index (κ3) is 1.41. The number of aliphatic hydroxyl groups is 1. The number of carbonyl (C=O) groups excluding carboxylic acids is 1. The number of hydrogen-bond acceptors (Lipinski definition) is 2. The van der Waals surface area contributed by atoms with Crippen LogP contribution in [0.4, 0.5) is 0 Å². The predicted octanol–water partition coefficient (Wildman–Crippen LogP) is 1.76. The summed E-state index contributed by atoms with van der Waals surface area (Å²) in [6.45, 7) is 4.50. The zero-order valence-electron chi connectivity index (χ0n) is 8.42. The second kappa shape index (κ2) is 2.81. The molecule has 2 aliphatic rings. The molecule has 2 rings (SSSR count). The quantitative estimate of drug-likeness (QED) is 0.620. The first kappa shape index (κ1) is 9.20. The van der Waals surface area contributed by atoms with Gasteiger partial charge in [0.25, 0.3) is 0 Å². The van der Waals surface area contributed by atoms with Crippen LogP contribution in [0.15, 0.2) is 0 Å². The molecule has 0 radical (unpaired) electrons. The zero-order chi connectivity index (χ0) is 9.64. The number of rotatable bonds is 0. The highest BCUT2D eigenvalue weighted by Gasteiger charge is 2.47. The minimum absolute atomic E-state index is 0.156. The highest BCUT2D eigenvalue weighted by Crippen LogP contribution is 2.51. The standard InChI is InChI=1S/C11H18O2/c1-11(2)7-3-9(12)5-8(11)6-10(13)4-7/h7-9,12H,3-6H2,1-2H3/t7-,8+,9?. The third-order valence-corrected chi connectivity index (χ3v) is 4.17. The molecule has 0 aromatic heterocycles. The first-order valence-electron chi connectivity index (χ1n) is 5.20. The van der Waals surface area contributed by atoms with Gasteiger partial charge in [-0.25, -0.2) is 0 Å². The van der Waals surface area contributed by atoms with Gasteiger partial charge in [0.15, 0.2) is 0 Å². The van der Waals surface area contributed by atoms with E-state index in [2.05, 4.69) is 13.8 Å². The summed E-state index contributed by atoms with van der Waals surface area (Å²) >= 11 is 0. The molecule has 2 bridgehead atoms. The minimum Gasteiger partial charge on any atom is -0.393 e. The monoisotopic (exact) mass is 182 g/mol. The van der Waals surface area contributed by atoms with Crippen LogP contribution in [0.3, 0.4) is 0 Å². The van der Waals surface area contributed by atoms with Crippen molar-refractivity contribution in [3.05, 3.63) is 0 Å². The van der Waals surface area contributed by atoms with Crippen molar-refractivity contribution in [3.63, 3.8) is 0 Å². The molecule has 2 aliphatic carbocycles. The molecule has 1 N–H and O–H groups in total. The molecule has 0 aromatic rings. The Bertz CT molecular complexity index is 212. The largest absolute Gasteiger partial charge is 0.393 e. The van der Waals surface area contributed by atoms with Gasteiger partial charge >= 0.3 is 0 Å². The average molecular weight is 182 g/mol. The molecule has 0 spiro atoms. The van der Waals surface area contributed by atoms with E-state index >= 15 is 0 Å². The lowest BCUT2D eigenvalue weighted by Gasteiger charge is -2.50. The highest BCUT2D eigenvalue weighted by molar-refractivity contribution is 5.80. The Labute approximate surface area is 79.3 Å². The fourth-order valence-electron chi connectivity index (χ4n) is 3.02. The van der Waals surface area contributed by atoms with Gasteiger partial charge in [0.2, 0.25) is 0 Å². The summed E-state index contributed by atoms with van der Waals surface area (Å²) in [6, 6.07) is 0. The van der Waals surface area contributed by atoms with Crippen molar-refractivity contribution in [3.8, 4) is 0 Å². The summed E-state index contributed by atoms with van der Waals surface area (Å²) in [4.78, 5) is 11.4. The van der Waals surface area contributed by atoms with Crippen LogP contribution in [0.5, 0.6) is 0 Å². The molecule has 0 amide bonds. The van der Waals surface area contributed by atoms with E-state index in [4.69, 9.17) is 0 Å². The Kier molecular flexibility index (Phi) is 1.99. The van der Waals surface area contributed by atoms with E-state index < -0.39 is 0 Å². The Balaban J connectivity index is 2.23. The van der Waals surface area contributed by atoms with Crippen molar-refractivity contribution in [2.75, 3.05) is 0 Å². The van der Waals surface area contributed by atoms with Crippen LogP contribution in [0.25, 0.3) is 0 Å². The maximum Gasteiger partial charge on any atom is 0.133 e. The fraction of sp³-hybridized carbons (Fsp3) is 0.909. The molecular weight excluding hydrogens is 164 g/mol. The van der Waals surface area contributed by atoms with Gasteiger partial charge in [-0.05, 0) is 30.1 Å². The second-order valence-electron chi connectivity index (χ2n) is 5.29. The van der Waals surface area contributed by atoms with Crippen molar-refractivity contribution < 1.29 is 9.90 Å². The molecular formula is C11H18O2. The summed E-state index contributed by atoms with van der Waals surface area (Å²) in [5, 5.41) is 9.62.